The van der Waals surface area contributed by atoms with E-state index >= 15 is 0 Å². The van der Waals surface area contributed by atoms with Gasteiger partial charge in [0.2, 0.25) is 0 Å². The molecule has 170 valence electrons. The molecule has 2 amide bonds. The number of nitrogens with zero attached hydrogens (tertiary/aromatic N) is 2. The molecule has 3 aliphatic rings. The normalized spacial score (nSPS) is 25.4. The summed E-state index contributed by atoms with van der Waals surface area (Å²) in [5, 5.41) is 6.31. The minimum Gasteiger partial charge on any atom is -0.493 e. The number of hydrogen-bond donors (Lipinski definition) is 0. The quantitative estimate of drug-likeness (QED) is 0.271. The maximum atomic E-state index is 12.8. The van der Waals surface area contributed by atoms with Gasteiger partial charge in [-0.15, -0.1) is 0 Å². The highest BCUT2D eigenvalue weighted by atomic mass is 79.9. The van der Waals surface area contributed by atoms with Crippen molar-refractivity contribution in [3.05, 3.63) is 68.1 Å². The second kappa shape index (κ2) is 8.78. The van der Waals surface area contributed by atoms with Gasteiger partial charge >= 0.3 is 0 Å². The Hall–Kier alpha value is -2.35. The molecule has 1 aliphatic heterocycles. The molecule has 2 fully saturated rings. The van der Waals surface area contributed by atoms with Crippen LogP contribution in [0, 0.1) is 23.7 Å². The number of hydrazone groups is 1. The number of amides is 2. The van der Waals surface area contributed by atoms with Gasteiger partial charge in [-0.25, -0.2) is 0 Å². The fourth-order valence-electron chi connectivity index (χ4n) is 4.87. The van der Waals surface area contributed by atoms with Crippen LogP contribution in [-0.4, -0.2) is 30.1 Å². The summed E-state index contributed by atoms with van der Waals surface area (Å²) in [5.41, 5.74) is 1.43. The summed E-state index contributed by atoms with van der Waals surface area (Å²) in [5.74, 6) is 0.267. The van der Waals surface area contributed by atoms with Crippen LogP contribution < -0.4 is 9.47 Å². The Labute approximate surface area is 209 Å². The van der Waals surface area contributed by atoms with Gasteiger partial charge in [0.05, 0.1) is 29.6 Å². The Balaban J connectivity index is 1.33. The summed E-state index contributed by atoms with van der Waals surface area (Å²) in [6.07, 6.45) is 6.49. The van der Waals surface area contributed by atoms with Crippen LogP contribution in [0.25, 0.3) is 0 Å². The third-order valence-electron chi connectivity index (χ3n) is 6.41. The molecule has 2 aliphatic carbocycles. The highest BCUT2D eigenvalue weighted by Crippen LogP contribution is 2.52. The molecule has 2 aromatic rings. The van der Waals surface area contributed by atoms with Gasteiger partial charge in [-0.2, -0.15) is 10.1 Å². The largest absolute Gasteiger partial charge is 0.493 e. The van der Waals surface area contributed by atoms with Crippen LogP contribution in [0.15, 0.2) is 52.1 Å². The molecule has 0 N–H and O–H groups in total. The van der Waals surface area contributed by atoms with E-state index in [4.69, 9.17) is 32.7 Å². The lowest BCUT2D eigenvalue weighted by Crippen LogP contribution is -2.28. The summed E-state index contributed by atoms with van der Waals surface area (Å²) in [6, 6.07) is 8.71. The average molecular weight is 550 g/mol. The highest BCUT2D eigenvalue weighted by molar-refractivity contribution is 9.10. The first kappa shape index (κ1) is 22.4. The van der Waals surface area contributed by atoms with E-state index in [9.17, 15) is 9.59 Å². The van der Waals surface area contributed by atoms with E-state index in [1.165, 1.54) is 13.3 Å². The number of halogens is 3. The van der Waals surface area contributed by atoms with Crippen molar-refractivity contribution in [1.82, 2.24) is 5.01 Å². The molecular formula is C24H19BrCl2N2O4. The fraction of sp³-hybridized carbons (Fsp3) is 0.292. The number of carbonyl (C=O) groups is 2. The first-order valence-corrected chi connectivity index (χ1v) is 12.0. The third kappa shape index (κ3) is 3.96. The lowest BCUT2D eigenvalue weighted by Gasteiger charge is -2.15. The van der Waals surface area contributed by atoms with Crippen LogP contribution in [0.3, 0.4) is 0 Å². The predicted molar refractivity (Wildman–Crippen MR) is 129 cm³/mol. The molecule has 0 unspecified atom stereocenters. The van der Waals surface area contributed by atoms with E-state index < -0.39 is 0 Å². The van der Waals surface area contributed by atoms with Crippen molar-refractivity contribution in [2.45, 2.75) is 13.0 Å². The first-order valence-electron chi connectivity index (χ1n) is 10.4. The molecule has 0 radical (unpaired) electrons. The van der Waals surface area contributed by atoms with Gasteiger partial charge in [-0.05, 0) is 64.0 Å². The van der Waals surface area contributed by atoms with Crippen LogP contribution >= 0.6 is 39.1 Å². The number of methoxy groups -OCH3 is 1. The number of fused-ring (bicyclic) bond motifs is 5. The number of ether oxygens (including phenoxy) is 2. The number of rotatable bonds is 6. The Morgan fingerprint density at radius 3 is 2.45 bits per heavy atom. The first-order chi connectivity index (χ1) is 15.9. The maximum absolute atomic E-state index is 12.8. The van der Waals surface area contributed by atoms with Crippen molar-refractivity contribution < 1.29 is 19.1 Å². The lowest BCUT2D eigenvalue weighted by molar-refractivity contribution is -0.140. The van der Waals surface area contributed by atoms with Crippen molar-refractivity contribution in [2.24, 2.45) is 28.8 Å². The fourth-order valence-corrected chi connectivity index (χ4v) is 5.91. The molecule has 6 nitrogen and oxygen atoms in total. The number of benzene rings is 2. The second-order valence-electron chi connectivity index (χ2n) is 8.29. The number of allylic oxidation sites excluding steroid dienone is 2. The minimum absolute atomic E-state index is 0.150. The van der Waals surface area contributed by atoms with Crippen LogP contribution in [0.2, 0.25) is 10.0 Å². The lowest BCUT2D eigenvalue weighted by atomic mass is 9.85. The monoisotopic (exact) mass is 548 g/mol. The predicted octanol–water partition coefficient (Wildman–Crippen LogP) is 5.48. The van der Waals surface area contributed by atoms with Crippen molar-refractivity contribution in [2.75, 3.05) is 7.11 Å². The molecule has 2 aromatic carbocycles. The number of hydrogen-bond acceptors (Lipinski definition) is 5. The van der Waals surface area contributed by atoms with Crippen LogP contribution in [0.5, 0.6) is 11.5 Å². The van der Waals surface area contributed by atoms with E-state index in [0.29, 0.717) is 31.6 Å². The van der Waals surface area contributed by atoms with Crippen molar-refractivity contribution in [1.29, 1.82) is 0 Å². The Kier molecular flexibility index (Phi) is 5.97. The van der Waals surface area contributed by atoms with Crippen LogP contribution in [0.1, 0.15) is 17.5 Å². The van der Waals surface area contributed by atoms with Crippen molar-refractivity contribution in [3.63, 3.8) is 0 Å². The molecule has 1 saturated heterocycles. The van der Waals surface area contributed by atoms with Crippen LogP contribution in [0.4, 0.5) is 0 Å². The number of imide groups is 1. The molecular weight excluding hydrogens is 531 g/mol. The molecule has 5 rings (SSSR count). The molecule has 0 aromatic heterocycles. The minimum atomic E-state index is -0.276. The zero-order chi connectivity index (χ0) is 23.3. The second-order valence-corrected chi connectivity index (χ2v) is 9.99. The summed E-state index contributed by atoms with van der Waals surface area (Å²) >= 11 is 15.7. The van der Waals surface area contributed by atoms with E-state index in [-0.39, 0.29) is 42.1 Å². The van der Waals surface area contributed by atoms with E-state index in [1.54, 1.807) is 30.3 Å². The van der Waals surface area contributed by atoms with Gasteiger partial charge in [-0.1, -0.05) is 41.4 Å². The van der Waals surface area contributed by atoms with Gasteiger partial charge in [0.1, 0.15) is 6.61 Å². The Morgan fingerprint density at radius 1 is 1.12 bits per heavy atom. The topological polar surface area (TPSA) is 68.2 Å². The maximum Gasteiger partial charge on any atom is 0.254 e. The van der Waals surface area contributed by atoms with Gasteiger partial charge in [0.25, 0.3) is 11.8 Å². The number of carbonyl (C=O) groups excluding carboxylic acids is 2. The van der Waals surface area contributed by atoms with Crippen molar-refractivity contribution in [3.8, 4) is 11.5 Å². The standard InChI is InChI=1S/C24H19BrCl2N2O4/c1-32-19-7-12(6-17(25)22(19)33-11-15-4-5-16(26)9-18(15)27)10-28-29-23(30)20-13-2-3-14(8-13)21(20)24(29)31/h2-7,9-10,13-14,20-21H,8,11H2,1H3/t13-,14-,20-,21+/m0/s1. The van der Waals surface area contributed by atoms with Crippen LogP contribution in [-0.2, 0) is 16.2 Å². The molecule has 0 spiro atoms. The smallest absolute Gasteiger partial charge is 0.254 e. The molecule has 1 heterocycles. The zero-order valence-corrected chi connectivity index (χ0v) is 20.6. The Bertz CT molecular complexity index is 1190. The molecule has 2 bridgehead atoms. The summed E-state index contributed by atoms with van der Waals surface area (Å²) in [7, 11) is 1.53. The van der Waals surface area contributed by atoms with E-state index in [2.05, 4.69) is 33.2 Å². The van der Waals surface area contributed by atoms with Gasteiger partial charge in [0.15, 0.2) is 11.5 Å². The molecule has 33 heavy (non-hydrogen) atoms. The van der Waals surface area contributed by atoms with Gasteiger partial charge < -0.3 is 9.47 Å². The van der Waals surface area contributed by atoms with E-state index in [0.717, 1.165) is 17.0 Å². The molecule has 9 heteroatoms. The van der Waals surface area contributed by atoms with Gasteiger partial charge in [-0.3, -0.25) is 9.59 Å². The SMILES string of the molecule is COc1cc(C=NN2C(=O)[C@@H]3[C@H](C2=O)[C@H]2C=C[C@H]3C2)cc(Br)c1OCc1ccc(Cl)cc1Cl. The zero-order valence-electron chi connectivity index (χ0n) is 17.5. The summed E-state index contributed by atoms with van der Waals surface area (Å²) < 4.78 is 12.1. The highest BCUT2D eigenvalue weighted by Gasteiger charge is 2.59. The third-order valence-corrected chi connectivity index (χ3v) is 7.58. The van der Waals surface area contributed by atoms with E-state index in [1.807, 2.05) is 0 Å². The Morgan fingerprint density at radius 2 is 1.82 bits per heavy atom. The molecule has 4 atom stereocenters. The average Bonchev–Trinajstić information content (AvgIpc) is 3.46. The van der Waals surface area contributed by atoms with Crippen molar-refractivity contribution >= 4 is 57.2 Å². The molecule has 1 saturated carbocycles. The summed E-state index contributed by atoms with van der Waals surface area (Å²) in [6.45, 7) is 0.217. The van der Waals surface area contributed by atoms with Gasteiger partial charge in [0, 0.05) is 15.6 Å². The summed E-state index contributed by atoms with van der Waals surface area (Å²) in [4.78, 5) is 25.6.